The summed E-state index contributed by atoms with van der Waals surface area (Å²) >= 11 is 6.61. The van der Waals surface area contributed by atoms with Crippen molar-refractivity contribution in [2.24, 2.45) is 12.0 Å². The summed E-state index contributed by atoms with van der Waals surface area (Å²) in [5, 5.41) is 7.35. The Hall–Kier alpha value is -4.85. The van der Waals surface area contributed by atoms with Gasteiger partial charge in [-0.3, -0.25) is 19.2 Å². The smallest absolute Gasteiger partial charge is 0.240 e. The quantitative estimate of drug-likeness (QED) is 0.139. The van der Waals surface area contributed by atoms with Crippen molar-refractivity contribution in [2.75, 3.05) is 24.6 Å². The second kappa shape index (κ2) is 15.2. The number of carbonyl (C=O) groups is 1. The first-order valence-electron chi connectivity index (χ1n) is 16.3. The number of hydrogen-bond donors (Lipinski definition) is 2. The van der Waals surface area contributed by atoms with E-state index in [9.17, 15) is 30.4 Å². The van der Waals surface area contributed by atoms with Crippen LogP contribution in [0.4, 0.5) is 14.6 Å². The molecule has 12 nitrogen and oxygen atoms in total. The molecule has 0 aliphatic heterocycles. The maximum atomic E-state index is 14.5. The average Bonchev–Trinajstić information content (AvgIpc) is 3.86. The summed E-state index contributed by atoms with van der Waals surface area (Å²) in [7, 11) is -4.08. The summed E-state index contributed by atoms with van der Waals surface area (Å²) in [6, 6.07) is 8.48. The molecular weight excluding hydrogens is 748 g/mol. The number of amides is 1. The molecular formula is C36H38ClF2N7O5S2. The standard InChI is InChI=1S/C36H38ClF2N7O5S2/c1-36(2,53(50,51)26-8-9-26)14-13-25-7-10-27(28-11-12-29(37)32-34(28)46(5)43-35(32)44-52(6,48)49)33(41-25)30(19-22-17-23(38)20-24(39)18-22)42-31(47)21-45(4)16-15-40-3/h7,10-12,15-18,20,26,30H,3,8-9,19,21H2,1-2,4-6H3,(H,42,47)(H,43,44)/b16-15-/t30-/m0/s1. The number of aliphatic imine (C=N–C) groups is 1. The van der Waals surface area contributed by atoms with Gasteiger partial charge in [-0.25, -0.2) is 30.6 Å². The van der Waals surface area contributed by atoms with Gasteiger partial charge < -0.3 is 10.2 Å². The van der Waals surface area contributed by atoms with Crippen molar-refractivity contribution < 1.29 is 30.4 Å². The molecule has 5 rings (SSSR count). The Balaban J connectivity index is 1.74. The van der Waals surface area contributed by atoms with E-state index in [0.29, 0.717) is 29.5 Å². The second-order valence-corrected chi connectivity index (χ2v) is 18.2. The zero-order chi connectivity index (χ0) is 38.9. The molecule has 17 heteroatoms. The molecule has 2 aromatic carbocycles. The van der Waals surface area contributed by atoms with Crippen molar-refractivity contribution in [1.82, 2.24) is 25.0 Å². The minimum absolute atomic E-state index is 0.0156. The van der Waals surface area contributed by atoms with E-state index >= 15 is 0 Å². The molecule has 4 aromatic rings. The molecule has 280 valence electrons. The topological polar surface area (TPSA) is 156 Å². The van der Waals surface area contributed by atoms with E-state index in [1.165, 1.54) is 30.9 Å². The lowest BCUT2D eigenvalue weighted by Gasteiger charge is -2.24. The van der Waals surface area contributed by atoms with Gasteiger partial charge in [-0.1, -0.05) is 23.6 Å². The maximum Gasteiger partial charge on any atom is 0.240 e. The number of nitrogens with one attached hydrogen (secondary N) is 2. The lowest BCUT2D eigenvalue weighted by atomic mass is 9.93. The number of nitrogens with zero attached hydrogens (tertiary/aromatic N) is 5. The normalized spacial score (nSPS) is 14.1. The molecule has 1 aliphatic carbocycles. The lowest BCUT2D eigenvalue weighted by Crippen LogP contribution is -2.37. The molecule has 0 unspecified atom stereocenters. The minimum Gasteiger partial charge on any atom is -0.370 e. The summed E-state index contributed by atoms with van der Waals surface area (Å²) < 4.78 is 82.1. The van der Waals surface area contributed by atoms with Gasteiger partial charge in [-0.15, -0.1) is 0 Å². The van der Waals surface area contributed by atoms with Crippen LogP contribution < -0.4 is 10.0 Å². The van der Waals surface area contributed by atoms with Crippen molar-refractivity contribution in [2.45, 2.75) is 49.1 Å². The van der Waals surface area contributed by atoms with Crippen LogP contribution in [0.5, 0.6) is 0 Å². The predicted octanol–water partition coefficient (Wildman–Crippen LogP) is 5.15. The number of halogens is 3. The maximum absolute atomic E-state index is 14.5. The molecule has 1 atom stereocenters. The third kappa shape index (κ3) is 9.21. The Morgan fingerprint density at radius 1 is 1.15 bits per heavy atom. The number of hydrogen-bond acceptors (Lipinski definition) is 9. The Morgan fingerprint density at radius 2 is 1.81 bits per heavy atom. The number of pyridine rings is 1. The van der Waals surface area contributed by atoms with E-state index in [-0.39, 0.29) is 46.1 Å². The highest BCUT2D eigenvalue weighted by atomic mass is 35.5. The second-order valence-electron chi connectivity index (χ2n) is 13.3. The molecule has 1 amide bonds. The summed E-state index contributed by atoms with van der Waals surface area (Å²) in [5.74, 6) is 3.64. The molecule has 0 saturated heterocycles. The molecule has 1 saturated carbocycles. The van der Waals surface area contributed by atoms with Gasteiger partial charge in [0.25, 0.3) is 0 Å². The SMILES string of the molecule is C=N/C=C\N(C)CC(=O)N[C@@H](Cc1cc(F)cc(F)c1)c1nc(C#CC(C)(C)S(=O)(=O)C2CC2)ccc1-c1ccc(Cl)c2c(NS(C)(=O)=O)nn(C)c12. The Morgan fingerprint density at radius 3 is 2.43 bits per heavy atom. The number of anilines is 1. The summed E-state index contributed by atoms with van der Waals surface area (Å²) in [4.78, 5) is 23.6. The van der Waals surface area contributed by atoms with Crippen molar-refractivity contribution in [3.05, 3.63) is 88.5 Å². The fourth-order valence-corrected chi connectivity index (χ4v) is 8.34. The van der Waals surface area contributed by atoms with E-state index in [0.717, 1.165) is 24.5 Å². The van der Waals surface area contributed by atoms with Gasteiger partial charge in [0, 0.05) is 43.7 Å². The molecule has 0 bridgehead atoms. The predicted molar refractivity (Wildman–Crippen MR) is 203 cm³/mol. The lowest BCUT2D eigenvalue weighted by molar-refractivity contribution is -0.122. The van der Waals surface area contributed by atoms with E-state index < -0.39 is 53.4 Å². The highest BCUT2D eigenvalue weighted by molar-refractivity contribution is 7.93. The Kier molecular flexibility index (Phi) is 11.3. The highest BCUT2D eigenvalue weighted by Gasteiger charge is 2.45. The third-order valence-electron chi connectivity index (χ3n) is 8.45. The van der Waals surface area contributed by atoms with Crippen molar-refractivity contribution in [3.63, 3.8) is 0 Å². The summed E-state index contributed by atoms with van der Waals surface area (Å²) in [6.07, 6.45) is 4.94. The van der Waals surface area contributed by atoms with Gasteiger partial charge in [0.05, 0.1) is 45.7 Å². The van der Waals surface area contributed by atoms with Crippen LogP contribution in [-0.4, -0.2) is 79.0 Å². The van der Waals surface area contributed by atoms with Crippen LogP contribution in [0.2, 0.25) is 5.02 Å². The summed E-state index contributed by atoms with van der Waals surface area (Å²) in [6.45, 7) is 6.31. The number of rotatable bonds is 13. The number of aryl methyl sites for hydroxylation is 1. The number of carbonyl (C=O) groups excluding carboxylic acids is 1. The van der Waals surface area contributed by atoms with Gasteiger partial charge in [0.15, 0.2) is 15.7 Å². The molecule has 1 fully saturated rings. The Labute approximate surface area is 312 Å². The molecule has 2 N–H and O–H groups in total. The van der Waals surface area contributed by atoms with Crippen LogP contribution in [0.1, 0.15) is 49.7 Å². The van der Waals surface area contributed by atoms with Crippen LogP contribution in [0.3, 0.4) is 0 Å². The van der Waals surface area contributed by atoms with E-state index in [1.807, 2.05) is 0 Å². The fourth-order valence-electron chi connectivity index (χ4n) is 5.82. The first kappa shape index (κ1) is 39.4. The van der Waals surface area contributed by atoms with Gasteiger partial charge in [0.1, 0.15) is 22.1 Å². The number of benzene rings is 2. The van der Waals surface area contributed by atoms with E-state index in [4.69, 9.17) is 16.6 Å². The van der Waals surface area contributed by atoms with Gasteiger partial charge in [-0.2, -0.15) is 5.10 Å². The first-order valence-corrected chi connectivity index (χ1v) is 20.1. The Bertz CT molecular complexity index is 2400. The molecule has 2 heterocycles. The molecule has 0 radical (unpaired) electrons. The van der Waals surface area contributed by atoms with Crippen LogP contribution in [0, 0.1) is 23.5 Å². The monoisotopic (exact) mass is 785 g/mol. The number of sulfone groups is 1. The van der Waals surface area contributed by atoms with Gasteiger partial charge in [-0.05, 0) is 81.6 Å². The molecule has 53 heavy (non-hydrogen) atoms. The van der Waals surface area contributed by atoms with Crippen molar-refractivity contribution in [1.29, 1.82) is 0 Å². The van der Waals surface area contributed by atoms with Gasteiger partial charge >= 0.3 is 0 Å². The summed E-state index contributed by atoms with van der Waals surface area (Å²) in [5.41, 5.74) is 1.89. The zero-order valence-corrected chi connectivity index (χ0v) is 32.0. The van der Waals surface area contributed by atoms with Crippen LogP contribution in [-0.2, 0) is 38.1 Å². The first-order chi connectivity index (χ1) is 24.8. The number of sulfonamides is 1. The van der Waals surface area contributed by atoms with E-state index in [2.05, 4.69) is 38.7 Å². The number of aromatic nitrogens is 3. The van der Waals surface area contributed by atoms with Gasteiger partial charge in [0.2, 0.25) is 15.9 Å². The molecule has 0 spiro atoms. The fraction of sp³-hybridized carbons (Fsp3) is 0.333. The zero-order valence-electron chi connectivity index (χ0n) is 29.6. The van der Waals surface area contributed by atoms with Crippen molar-refractivity contribution in [3.8, 4) is 23.0 Å². The van der Waals surface area contributed by atoms with Crippen LogP contribution >= 0.6 is 11.6 Å². The molecule has 2 aromatic heterocycles. The number of likely N-dealkylation sites (N-methyl/N-ethyl adjacent to an activating group) is 1. The number of fused-ring (bicyclic) bond motifs is 1. The van der Waals surface area contributed by atoms with Crippen molar-refractivity contribution >= 4 is 60.8 Å². The van der Waals surface area contributed by atoms with Crippen LogP contribution in [0.15, 0.2) is 59.9 Å². The average molecular weight is 786 g/mol. The largest absolute Gasteiger partial charge is 0.370 e. The highest BCUT2D eigenvalue weighted by Crippen LogP contribution is 2.40. The van der Waals surface area contributed by atoms with Crippen LogP contribution in [0.25, 0.3) is 22.0 Å². The minimum atomic E-state index is -3.76. The third-order valence-corrected chi connectivity index (χ3v) is 12.2. The molecule has 1 aliphatic rings. The van der Waals surface area contributed by atoms with E-state index in [1.54, 1.807) is 43.3 Å².